The van der Waals surface area contributed by atoms with Crippen LogP contribution >= 0.6 is 11.3 Å². The molecule has 1 aliphatic rings. The highest BCUT2D eigenvalue weighted by atomic mass is 32.1. The van der Waals surface area contributed by atoms with Crippen LogP contribution in [0.3, 0.4) is 0 Å². The Kier molecular flexibility index (Phi) is 4.66. The number of ether oxygens (including phenoxy) is 1. The lowest BCUT2D eigenvalue weighted by atomic mass is 10.0. The summed E-state index contributed by atoms with van der Waals surface area (Å²) in [5.74, 6) is -0.731. The summed E-state index contributed by atoms with van der Waals surface area (Å²) < 4.78 is 47.0. The van der Waals surface area contributed by atoms with Gasteiger partial charge in [0.1, 0.15) is 11.8 Å². The van der Waals surface area contributed by atoms with Gasteiger partial charge >= 0.3 is 6.18 Å². The molecule has 2 aromatic heterocycles. The fourth-order valence-corrected chi connectivity index (χ4v) is 4.43. The van der Waals surface area contributed by atoms with Gasteiger partial charge < -0.3 is 14.2 Å². The molecule has 0 radical (unpaired) electrons. The number of thiophene rings is 1. The Morgan fingerprint density at radius 2 is 2.00 bits per heavy atom. The van der Waals surface area contributed by atoms with Gasteiger partial charge in [-0.15, -0.1) is 11.3 Å². The molecule has 0 saturated heterocycles. The maximum absolute atomic E-state index is 13.4. The Morgan fingerprint density at radius 3 is 2.68 bits per heavy atom. The second-order valence-electron chi connectivity index (χ2n) is 6.46. The lowest BCUT2D eigenvalue weighted by molar-refractivity contribution is -0.138. The number of fused-ring (bicyclic) bond motifs is 1. The van der Waals surface area contributed by atoms with Gasteiger partial charge in [0.15, 0.2) is 0 Å². The molecule has 0 N–H and O–H groups in total. The third-order valence-corrected chi connectivity index (χ3v) is 5.79. The molecule has 1 amide bonds. The Balaban J connectivity index is 1.75. The van der Waals surface area contributed by atoms with Crippen LogP contribution in [0.2, 0.25) is 0 Å². The molecule has 0 bridgehead atoms. The van der Waals surface area contributed by atoms with Crippen LogP contribution in [0.1, 0.15) is 32.5 Å². The number of methoxy groups -OCH3 is 1. The number of aromatic nitrogens is 1. The monoisotopic (exact) mass is 406 g/mol. The van der Waals surface area contributed by atoms with Crippen molar-refractivity contribution in [1.82, 2.24) is 9.47 Å². The first-order chi connectivity index (χ1) is 13.4. The largest absolute Gasteiger partial charge is 0.496 e. The number of carbonyl (C=O) groups excluding carboxylic acids is 1. The van der Waals surface area contributed by atoms with Crippen LogP contribution in [-0.2, 0) is 12.7 Å². The Hall–Kier alpha value is -2.74. The van der Waals surface area contributed by atoms with E-state index in [2.05, 4.69) is 4.57 Å². The molecule has 28 heavy (non-hydrogen) atoms. The van der Waals surface area contributed by atoms with E-state index in [1.54, 1.807) is 4.90 Å². The third-order valence-electron chi connectivity index (χ3n) is 4.86. The molecule has 4 nitrogen and oxygen atoms in total. The number of hydrogen-bond donors (Lipinski definition) is 0. The van der Waals surface area contributed by atoms with Crippen molar-refractivity contribution in [2.45, 2.75) is 18.8 Å². The van der Waals surface area contributed by atoms with Gasteiger partial charge in [0, 0.05) is 35.4 Å². The summed E-state index contributed by atoms with van der Waals surface area (Å²) in [6, 6.07) is 10.8. The SMILES string of the molecule is COc1ccc(C(=O)N2CCn3cccc3C2c2cccs2)cc1C(F)(F)F. The summed E-state index contributed by atoms with van der Waals surface area (Å²) in [6.07, 6.45) is -2.65. The number of hydrogen-bond acceptors (Lipinski definition) is 3. The maximum atomic E-state index is 13.4. The van der Waals surface area contributed by atoms with Crippen molar-refractivity contribution in [3.63, 3.8) is 0 Å². The van der Waals surface area contributed by atoms with Crippen LogP contribution in [0.4, 0.5) is 13.2 Å². The molecule has 1 atom stereocenters. The zero-order valence-corrected chi connectivity index (χ0v) is 15.8. The van der Waals surface area contributed by atoms with Gasteiger partial charge in [-0.25, -0.2) is 0 Å². The van der Waals surface area contributed by atoms with Gasteiger partial charge in [0.25, 0.3) is 5.91 Å². The van der Waals surface area contributed by atoms with E-state index in [-0.39, 0.29) is 17.4 Å². The summed E-state index contributed by atoms with van der Waals surface area (Å²) in [5.41, 5.74) is -0.00444. The van der Waals surface area contributed by atoms with E-state index < -0.39 is 17.6 Å². The molecule has 0 aliphatic carbocycles. The minimum Gasteiger partial charge on any atom is -0.496 e. The number of halogens is 3. The van der Waals surface area contributed by atoms with Crippen molar-refractivity contribution >= 4 is 17.2 Å². The molecule has 1 unspecified atom stereocenters. The quantitative estimate of drug-likeness (QED) is 0.625. The van der Waals surface area contributed by atoms with E-state index in [1.165, 1.54) is 30.6 Å². The molecular weight excluding hydrogens is 389 g/mol. The first kappa shape index (κ1) is 18.6. The van der Waals surface area contributed by atoms with Gasteiger partial charge in [0.05, 0.1) is 12.7 Å². The topological polar surface area (TPSA) is 34.5 Å². The first-order valence-electron chi connectivity index (χ1n) is 8.65. The minimum absolute atomic E-state index is 0.00492. The summed E-state index contributed by atoms with van der Waals surface area (Å²) in [5, 5.41) is 1.93. The summed E-state index contributed by atoms with van der Waals surface area (Å²) in [7, 11) is 1.18. The number of carbonyl (C=O) groups is 1. The molecule has 1 aromatic carbocycles. The highest BCUT2D eigenvalue weighted by Gasteiger charge is 2.37. The summed E-state index contributed by atoms with van der Waals surface area (Å²) in [4.78, 5) is 15.8. The maximum Gasteiger partial charge on any atom is 0.419 e. The highest BCUT2D eigenvalue weighted by molar-refractivity contribution is 7.10. The molecule has 0 fully saturated rings. The highest BCUT2D eigenvalue weighted by Crippen LogP contribution is 2.39. The Bertz CT molecular complexity index is 995. The van der Waals surface area contributed by atoms with Gasteiger partial charge in [0.2, 0.25) is 0 Å². The predicted octanol–water partition coefficient (Wildman–Crippen LogP) is 4.82. The second-order valence-corrected chi connectivity index (χ2v) is 7.44. The summed E-state index contributed by atoms with van der Waals surface area (Å²) in [6.45, 7) is 1.01. The number of amides is 1. The van der Waals surface area contributed by atoms with Gasteiger partial charge in [-0.05, 0) is 41.8 Å². The Labute approximate surface area is 163 Å². The van der Waals surface area contributed by atoms with Crippen LogP contribution in [0.15, 0.2) is 54.0 Å². The van der Waals surface area contributed by atoms with Gasteiger partial charge in [-0.3, -0.25) is 4.79 Å². The lowest BCUT2D eigenvalue weighted by Gasteiger charge is -2.36. The first-order valence-corrected chi connectivity index (χ1v) is 9.53. The van der Waals surface area contributed by atoms with Crippen molar-refractivity contribution in [2.75, 3.05) is 13.7 Å². The molecule has 3 heterocycles. The Morgan fingerprint density at radius 1 is 1.18 bits per heavy atom. The van der Waals surface area contributed by atoms with E-state index in [4.69, 9.17) is 4.74 Å². The molecule has 8 heteroatoms. The van der Waals surface area contributed by atoms with Crippen LogP contribution in [-0.4, -0.2) is 29.0 Å². The minimum atomic E-state index is -4.61. The fourth-order valence-electron chi connectivity index (χ4n) is 3.58. The predicted molar refractivity (Wildman–Crippen MR) is 99.6 cm³/mol. The van der Waals surface area contributed by atoms with Crippen molar-refractivity contribution < 1.29 is 22.7 Å². The van der Waals surface area contributed by atoms with E-state index in [1.807, 2.05) is 35.8 Å². The molecule has 1 aliphatic heterocycles. The van der Waals surface area contributed by atoms with Crippen LogP contribution in [0.5, 0.6) is 5.75 Å². The number of nitrogens with zero attached hydrogens (tertiary/aromatic N) is 2. The van der Waals surface area contributed by atoms with Crippen molar-refractivity contribution in [2.24, 2.45) is 0 Å². The molecule has 4 rings (SSSR count). The normalized spacial score (nSPS) is 16.7. The smallest absolute Gasteiger partial charge is 0.419 e. The molecular formula is C20H17F3N2O2S. The average molecular weight is 406 g/mol. The zero-order valence-electron chi connectivity index (χ0n) is 14.9. The number of alkyl halides is 3. The number of rotatable bonds is 3. The molecule has 0 spiro atoms. The van der Waals surface area contributed by atoms with Crippen LogP contribution in [0, 0.1) is 0 Å². The average Bonchev–Trinajstić information content (AvgIpc) is 3.37. The van der Waals surface area contributed by atoms with Crippen molar-refractivity contribution in [1.29, 1.82) is 0 Å². The zero-order chi connectivity index (χ0) is 19.9. The van der Waals surface area contributed by atoms with Crippen molar-refractivity contribution in [3.05, 3.63) is 75.7 Å². The summed E-state index contributed by atoms with van der Waals surface area (Å²) >= 11 is 1.52. The number of benzene rings is 1. The van der Waals surface area contributed by atoms with E-state index in [0.717, 1.165) is 16.6 Å². The van der Waals surface area contributed by atoms with E-state index in [9.17, 15) is 18.0 Å². The molecule has 0 saturated carbocycles. The van der Waals surface area contributed by atoms with Crippen LogP contribution in [0.25, 0.3) is 0 Å². The molecule has 3 aromatic rings. The van der Waals surface area contributed by atoms with Gasteiger partial charge in [-0.2, -0.15) is 13.2 Å². The second kappa shape index (κ2) is 7.01. The molecule has 146 valence electrons. The van der Waals surface area contributed by atoms with E-state index >= 15 is 0 Å². The fraction of sp³-hybridized carbons (Fsp3) is 0.250. The van der Waals surface area contributed by atoms with Crippen molar-refractivity contribution in [3.8, 4) is 5.75 Å². The standard InChI is InChI=1S/C20H17F3N2O2S/c1-27-16-7-6-13(12-14(16)20(21,22)23)19(26)25-10-9-24-8-2-4-15(24)18(25)17-5-3-11-28-17/h2-8,11-12,18H,9-10H2,1H3. The third kappa shape index (κ3) is 3.17. The van der Waals surface area contributed by atoms with E-state index in [0.29, 0.717) is 13.1 Å². The van der Waals surface area contributed by atoms with Gasteiger partial charge in [-0.1, -0.05) is 6.07 Å². The lowest BCUT2D eigenvalue weighted by Crippen LogP contribution is -2.42. The van der Waals surface area contributed by atoms with Crippen LogP contribution < -0.4 is 4.74 Å².